The summed E-state index contributed by atoms with van der Waals surface area (Å²) in [5.74, 6) is 0.990. The summed E-state index contributed by atoms with van der Waals surface area (Å²) in [6, 6.07) is 9.93. The molecule has 2 aromatic rings. The number of carbonyl (C=O) groups is 1. The van der Waals surface area contributed by atoms with Crippen LogP contribution in [-0.4, -0.2) is 36.8 Å². The van der Waals surface area contributed by atoms with Gasteiger partial charge in [0.15, 0.2) is 17.2 Å². The minimum Gasteiger partial charge on any atom is -0.595 e. The van der Waals surface area contributed by atoms with Crippen molar-refractivity contribution < 1.29 is 24.7 Å². The summed E-state index contributed by atoms with van der Waals surface area (Å²) in [7, 11) is 3.17. The topological polar surface area (TPSA) is 86.5 Å². The smallest absolute Gasteiger partial charge is 0.260 e. The van der Waals surface area contributed by atoms with Crippen LogP contribution in [0.4, 0.5) is 5.69 Å². The van der Waals surface area contributed by atoms with Crippen molar-refractivity contribution >= 4 is 11.6 Å². The molecule has 0 saturated carbocycles. The first kappa shape index (κ1) is 18.2. The Balaban J connectivity index is 1.97. The highest BCUT2D eigenvalue weighted by atomic mass is 16.8. The van der Waals surface area contributed by atoms with E-state index in [0.29, 0.717) is 24.5 Å². The van der Waals surface area contributed by atoms with E-state index in [1.54, 1.807) is 37.3 Å². The second-order valence-corrected chi connectivity index (χ2v) is 6.18. The average Bonchev–Trinajstić information content (AvgIpc) is 2.66. The van der Waals surface area contributed by atoms with Crippen molar-refractivity contribution in [1.29, 1.82) is 0 Å². The molecule has 0 radical (unpaired) electrons. The van der Waals surface area contributed by atoms with Crippen molar-refractivity contribution in [1.82, 2.24) is 4.90 Å². The number of nitrogens with zero attached hydrogens (tertiary/aromatic N) is 1. The number of amides is 1. The highest BCUT2D eigenvalue weighted by Crippen LogP contribution is 2.38. The molecule has 0 aliphatic carbocycles. The van der Waals surface area contributed by atoms with E-state index in [1.165, 1.54) is 6.07 Å². The molecular weight excluding hydrogens is 336 g/mol. The Bertz CT molecular complexity index is 822. The summed E-state index contributed by atoms with van der Waals surface area (Å²) < 4.78 is 10.7. The molecule has 3 rings (SSSR count). The number of para-hydroxylation sites is 1. The number of nitrogens with one attached hydrogen (secondary N) is 1. The zero-order chi connectivity index (χ0) is 18.8. The summed E-state index contributed by atoms with van der Waals surface area (Å²) >= 11 is 0. The van der Waals surface area contributed by atoms with E-state index in [0.717, 1.165) is 11.1 Å². The summed E-state index contributed by atoms with van der Waals surface area (Å²) in [4.78, 5) is 14.7. The third kappa shape index (κ3) is 3.12. The van der Waals surface area contributed by atoms with Crippen LogP contribution in [0.3, 0.4) is 0 Å². The summed E-state index contributed by atoms with van der Waals surface area (Å²) in [5, 5.41) is 19.7. The Labute approximate surface area is 151 Å². The number of rotatable bonds is 4. The second-order valence-electron chi connectivity index (χ2n) is 6.18. The van der Waals surface area contributed by atoms with Crippen molar-refractivity contribution in [2.45, 2.75) is 19.4 Å². The molecule has 138 valence electrons. The van der Waals surface area contributed by atoms with Crippen LogP contribution in [0, 0.1) is 5.21 Å². The molecule has 0 bridgehead atoms. The summed E-state index contributed by atoms with van der Waals surface area (Å²) in [6.07, 6.45) is 0.668. The molecule has 1 amide bonds. The molecule has 26 heavy (non-hydrogen) atoms. The average molecular weight is 358 g/mol. The lowest BCUT2D eigenvalue weighted by atomic mass is 9.92. The van der Waals surface area contributed by atoms with E-state index in [2.05, 4.69) is 0 Å². The molecule has 2 N–H and O–H groups in total. The molecule has 0 saturated heterocycles. The molecular formula is C19H22N2O5. The summed E-state index contributed by atoms with van der Waals surface area (Å²) in [6.45, 7) is 2.45. The van der Waals surface area contributed by atoms with Crippen molar-refractivity contribution in [3.05, 3.63) is 58.3 Å². The molecule has 0 fully saturated rings. The predicted molar refractivity (Wildman–Crippen MR) is 94.9 cm³/mol. The molecule has 1 aliphatic heterocycles. The quantitative estimate of drug-likeness (QED) is 0.815. The molecule has 1 unspecified atom stereocenters. The first-order valence-electron chi connectivity index (χ1n) is 8.36. The Morgan fingerprint density at radius 3 is 2.54 bits per heavy atom. The zero-order valence-electron chi connectivity index (χ0n) is 15.0. The van der Waals surface area contributed by atoms with E-state index in [1.807, 2.05) is 19.1 Å². The molecule has 2 aromatic carbocycles. The lowest BCUT2D eigenvalue weighted by molar-refractivity contribution is -0.991. The SMILES string of the molecule is COc1cc2c(cc1OC)[C@H](C)N(C(=O)c1ccccc1[NH+]([O-])O)CC2. The molecule has 0 spiro atoms. The third-order valence-corrected chi connectivity index (χ3v) is 4.83. The Hall–Kier alpha value is -2.61. The van der Waals surface area contributed by atoms with Gasteiger partial charge in [-0.15, -0.1) is 0 Å². The fourth-order valence-corrected chi connectivity index (χ4v) is 3.43. The first-order valence-corrected chi connectivity index (χ1v) is 8.36. The van der Waals surface area contributed by atoms with Gasteiger partial charge in [0, 0.05) is 12.6 Å². The van der Waals surface area contributed by atoms with Gasteiger partial charge in [0.1, 0.15) is 5.56 Å². The van der Waals surface area contributed by atoms with Crippen molar-refractivity contribution in [2.75, 3.05) is 20.8 Å². The lowest BCUT2D eigenvalue weighted by Gasteiger charge is -2.36. The zero-order valence-corrected chi connectivity index (χ0v) is 15.0. The number of hydrogen-bond donors (Lipinski definition) is 2. The van der Waals surface area contributed by atoms with E-state index in [4.69, 9.17) is 9.47 Å². The second kappa shape index (κ2) is 7.33. The number of quaternary nitrogens is 1. The number of ether oxygens (including phenoxy) is 2. The van der Waals surface area contributed by atoms with Crippen molar-refractivity contribution in [3.8, 4) is 11.5 Å². The Morgan fingerprint density at radius 1 is 1.23 bits per heavy atom. The fourth-order valence-electron chi connectivity index (χ4n) is 3.43. The standard InChI is InChI=1S/C19H22N2O5/c1-12-15-11-18(26-3)17(25-2)10-13(15)8-9-20(12)19(22)14-6-4-5-7-16(14)21(23)24/h4-7,10-12,21,23H,8-9H2,1-3H3/t12-/m0/s1. The van der Waals surface area contributed by atoms with E-state index < -0.39 is 5.23 Å². The maximum absolute atomic E-state index is 13.0. The van der Waals surface area contributed by atoms with Gasteiger partial charge in [0.2, 0.25) is 0 Å². The van der Waals surface area contributed by atoms with Crippen LogP contribution in [0.25, 0.3) is 0 Å². The van der Waals surface area contributed by atoms with E-state index >= 15 is 0 Å². The monoisotopic (exact) mass is 358 g/mol. The van der Waals surface area contributed by atoms with Gasteiger partial charge in [-0.25, -0.2) is 5.21 Å². The van der Waals surface area contributed by atoms with Gasteiger partial charge in [0.05, 0.1) is 20.3 Å². The molecule has 1 aliphatic rings. The molecule has 7 nitrogen and oxygen atoms in total. The Kier molecular flexibility index (Phi) is 5.13. The Morgan fingerprint density at radius 2 is 1.88 bits per heavy atom. The van der Waals surface area contributed by atoms with Crippen LogP contribution < -0.4 is 14.7 Å². The molecule has 0 aromatic heterocycles. The van der Waals surface area contributed by atoms with Crippen LogP contribution in [0.2, 0.25) is 0 Å². The number of hydrogen-bond acceptors (Lipinski definition) is 5. The number of carbonyl (C=O) groups excluding carboxylic acids is 1. The summed E-state index contributed by atoms with van der Waals surface area (Å²) in [5.41, 5.74) is 2.30. The first-order chi connectivity index (χ1) is 12.5. The maximum Gasteiger partial charge on any atom is 0.260 e. The molecule has 2 atom stereocenters. The minimum absolute atomic E-state index is 0.0165. The normalized spacial score (nSPS) is 17.4. The number of methoxy groups -OCH3 is 2. The van der Waals surface area contributed by atoms with Gasteiger partial charge < -0.3 is 19.6 Å². The van der Waals surface area contributed by atoms with Gasteiger partial charge in [-0.2, -0.15) is 5.23 Å². The maximum atomic E-state index is 13.0. The van der Waals surface area contributed by atoms with Gasteiger partial charge in [-0.1, -0.05) is 12.1 Å². The van der Waals surface area contributed by atoms with Crippen LogP contribution in [0.1, 0.15) is 34.5 Å². The van der Waals surface area contributed by atoms with Gasteiger partial charge in [0.25, 0.3) is 5.91 Å². The van der Waals surface area contributed by atoms with Crippen LogP contribution in [-0.2, 0) is 6.42 Å². The van der Waals surface area contributed by atoms with Crippen LogP contribution in [0.15, 0.2) is 36.4 Å². The van der Waals surface area contributed by atoms with Crippen molar-refractivity contribution in [2.24, 2.45) is 0 Å². The highest BCUT2D eigenvalue weighted by molar-refractivity contribution is 5.98. The fraction of sp³-hybridized carbons (Fsp3) is 0.316. The van der Waals surface area contributed by atoms with Crippen molar-refractivity contribution in [3.63, 3.8) is 0 Å². The predicted octanol–water partition coefficient (Wildman–Crippen LogP) is 1.87. The highest BCUT2D eigenvalue weighted by Gasteiger charge is 2.31. The minimum atomic E-state index is -1.11. The molecule has 1 heterocycles. The van der Waals surface area contributed by atoms with Gasteiger partial charge in [-0.05, 0) is 42.7 Å². The van der Waals surface area contributed by atoms with Gasteiger partial charge in [-0.3, -0.25) is 4.79 Å². The number of benzene rings is 2. The van der Waals surface area contributed by atoms with Crippen LogP contribution >= 0.6 is 0 Å². The number of fused-ring (bicyclic) bond motifs is 1. The van der Waals surface area contributed by atoms with Crippen LogP contribution in [0.5, 0.6) is 11.5 Å². The largest absolute Gasteiger partial charge is 0.595 e. The van der Waals surface area contributed by atoms with Gasteiger partial charge >= 0.3 is 0 Å². The van der Waals surface area contributed by atoms with E-state index in [-0.39, 0.29) is 23.2 Å². The lowest BCUT2D eigenvalue weighted by Crippen LogP contribution is -2.99. The molecule has 7 heteroatoms. The van der Waals surface area contributed by atoms with E-state index in [9.17, 15) is 15.2 Å². The third-order valence-electron chi connectivity index (χ3n) is 4.83.